The Morgan fingerprint density at radius 3 is 2.43 bits per heavy atom. The molecule has 0 aliphatic carbocycles. The average Bonchev–Trinajstić information content (AvgIpc) is 2.36. The highest BCUT2D eigenvalue weighted by molar-refractivity contribution is 5.51. The minimum absolute atomic E-state index is 0.0522. The number of piperidine rings is 1. The molecule has 0 bridgehead atoms. The van der Waals surface area contributed by atoms with Gasteiger partial charge in [-0.1, -0.05) is 20.8 Å². The van der Waals surface area contributed by atoms with E-state index in [4.69, 9.17) is 5.73 Å². The molecule has 1 atom stereocenters. The standard InChI is InChI=1S/C17H26F2N2/c1-4-13(20)8-12-9-14(18)16(15(19)10-12)21-7-5-6-17(2,3)11-21/h9-10,13H,4-8,11,20H2,1-3H3. The Bertz CT molecular complexity index is 477. The molecule has 1 aliphatic heterocycles. The summed E-state index contributed by atoms with van der Waals surface area (Å²) in [6.07, 6.45) is 3.37. The number of hydrogen-bond donors (Lipinski definition) is 1. The van der Waals surface area contributed by atoms with Crippen LogP contribution >= 0.6 is 0 Å². The van der Waals surface area contributed by atoms with Crippen molar-refractivity contribution in [1.82, 2.24) is 0 Å². The van der Waals surface area contributed by atoms with E-state index in [1.165, 1.54) is 12.1 Å². The summed E-state index contributed by atoms with van der Waals surface area (Å²) in [5.41, 5.74) is 6.72. The highest BCUT2D eigenvalue weighted by Crippen LogP contribution is 2.34. The first-order chi connectivity index (χ1) is 9.82. The van der Waals surface area contributed by atoms with E-state index < -0.39 is 11.6 Å². The molecule has 21 heavy (non-hydrogen) atoms. The van der Waals surface area contributed by atoms with Crippen LogP contribution in [0.15, 0.2) is 12.1 Å². The lowest BCUT2D eigenvalue weighted by atomic mass is 9.84. The van der Waals surface area contributed by atoms with Gasteiger partial charge in [0.1, 0.15) is 17.3 Å². The average molecular weight is 296 g/mol. The second-order valence-corrected chi connectivity index (χ2v) is 6.97. The predicted octanol–water partition coefficient (Wildman–Crippen LogP) is 3.87. The van der Waals surface area contributed by atoms with E-state index in [0.29, 0.717) is 25.1 Å². The molecule has 1 saturated heterocycles. The third kappa shape index (κ3) is 3.94. The second-order valence-electron chi connectivity index (χ2n) is 6.97. The molecular formula is C17H26F2N2. The Labute approximate surface area is 126 Å². The number of anilines is 1. The Morgan fingerprint density at radius 1 is 1.29 bits per heavy atom. The molecule has 0 radical (unpaired) electrons. The van der Waals surface area contributed by atoms with E-state index in [-0.39, 0.29) is 17.1 Å². The molecule has 0 spiro atoms. The van der Waals surface area contributed by atoms with Gasteiger partial charge < -0.3 is 10.6 Å². The molecule has 0 amide bonds. The summed E-state index contributed by atoms with van der Waals surface area (Å²) in [6.45, 7) is 7.66. The number of nitrogens with zero attached hydrogens (tertiary/aromatic N) is 1. The Balaban J connectivity index is 2.24. The maximum Gasteiger partial charge on any atom is 0.149 e. The molecule has 4 heteroatoms. The van der Waals surface area contributed by atoms with E-state index in [9.17, 15) is 8.78 Å². The molecule has 0 saturated carbocycles. The quantitative estimate of drug-likeness (QED) is 0.914. The van der Waals surface area contributed by atoms with Gasteiger partial charge in [-0.05, 0) is 48.8 Å². The number of hydrogen-bond acceptors (Lipinski definition) is 2. The molecule has 2 nitrogen and oxygen atoms in total. The van der Waals surface area contributed by atoms with Gasteiger partial charge in [0.15, 0.2) is 0 Å². The molecule has 1 aliphatic rings. The highest BCUT2D eigenvalue weighted by Gasteiger charge is 2.29. The molecule has 1 unspecified atom stereocenters. The number of nitrogens with two attached hydrogens (primary N) is 1. The highest BCUT2D eigenvalue weighted by atomic mass is 19.1. The van der Waals surface area contributed by atoms with Gasteiger partial charge in [-0.15, -0.1) is 0 Å². The van der Waals surface area contributed by atoms with Gasteiger partial charge in [0.2, 0.25) is 0 Å². The lowest BCUT2D eigenvalue weighted by Gasteiger charge is -2.39. The minimum Gasteiger partial charge on any atom is -0.366 e. The van der Waals surface area contributed by atoms with Crippen LogP contribution in [0.25, 0.3) is 0 Å². The third-order valence-electron chi connectivity index (χ3n) is 4.32. The normalized spacial score (nSPS) is 19.6. The number of benzene rings is 1. The van der Waals surface area contributed by atoms with Gasteiger partial charge >= 0.3 is 0 Å². The second kappa shape index (κ2) is 6.30. The zero-order valence-electron chi connectivity index (χ0n) is 13.3. The SMILES string of the molecule is CCC(N)Cc1cc(F)c(N2CCCC(C)(C)C2)c(F)c1. The summed E-state index contributed by atoms with van der Waals surface area (Å²) in [5, 5.41) is 0. The van der Waals surface area contributed by atoms with Gasteiger partial charge in [-0.3, -0.25) is 0 Å². The van der Waals surface area contributed by atoms with Gasteiger partial charge in [-0.2, -0.15) is 0 Å². The molecule has 1 aromatic carbocycles. The van der Waals surface area contributed by atoms with Gasteiger partial charge in [0.05, 0.1) is 0 Å². The molecular weight excluding hydrogens is 270 g/mol. The molecule has 118 valence electrons. The lowest BCUT2D eigenvalue weighted by molar-refractivity contribution is 0.290. The third-order valence-corrected chi connectivity index (χ3v) is 4.32. The van der Waals surface area contributed by atoms with Crippen molar-refractivity contribution in [1.29, 1.82) is 0 Å². The summed E-state index contributed by atoms with van der Waals surface area (Å²) < 4.78 is 28.8. The van der Waals surface area contributed by atoms with Crippen molar-refractivity contribution < 1.29 is 8.78 Å². The van der Waals surface area contributed by atoms with E-state index in [2.05, 4.69) is 13.8 Å². The van der Waals surface area contributed by atoms with Crippen LogP contribution < -0.4 is 10.6 Å². The first kappa shape index (κ1) is 16.2. The van der Waals surface area contributed by atoms with Crippen LogP contribution in [0, 0.1) is 17.0 Å². The van der Waals surface area contributed by atoms with Crippen LogP contribution in [0.4, 0.5) is 14.5 Å². The van der Waals surface area contributed by atoms with Crippen LogP contribution in [0.1, 0.15) is 45.6 Å². The van der Waals surface area contributed by atoms with Crippen LogP contribution in [-0.4, -0.2) is 19.1 Å². The maximum atomic E-state index is 14.4. The first-order valence-corrected chi connectivity index (χ1v) is 7.81. The fourth-order valence-corrected chi connectivity index (χ4v) is 3.10. The van der Waals surface area contributed by atoms with Crippen molar-refractivity contribution in [3.63, 3.8) is 0 Å². The van der Waals surface area contributed by atoms with Crippen molar-refractivity contribution in [2.45, 2.75) is 52.5 Å². The first-order valence-electron chi connectivity index (χ1n) is 7.81. The van der Waals surface area contributed by atoms with Gasteiger partial charge in [-0.25, -0.2) is 8.78 Å². The number of halogens is 2. The predicted molar refractivity (Wildman–Crippen MR) is 83.6 cm³/mol. The van der Waals surface area contributed by atoms with Crippen molar-refractivity contribution in [2.24, 2.45) is 11.1 Å². The summed E-state index contributed by atoms with van der Waals surface area (Å²) >= 11 is 0. The smallest absolute Gasteiger partial charge is 0.149 e. The summed E-state index contributed by atoms with van der Waals surface area (Å²) in [7, 11) is 0. The van der Waals surface area contributed by atoms with Crippen molar-refractivity contribution in [3.05, 3.63) is 29.3 Å². The zero-order chi connectivity index (χ0) is 15.6. The summed E-state index contributed by atoms with van der Waals surface area (Å²) in [5.74, 6) is -0.933. The van der Waals surface area contributed by atoms with Crippen LogP contribution in [0.2, 0.25) is 0 Å². The molecule has 0 aromatic heterocycles. The molecule has 2 N–H and O–H groups in total. The molecule has 2 rings (SSSR count). The van der Waals surface area contributed by atoms with E-state index in [1.807, 2.05) is 11.8 Å². The van der Waals surface area contributed by atoms with E-state index >= 15 is 0 Å². The van der Waals surface area contributed by atoms with Crippen molar-refractivity contribution in [2.75, 3.05) is 18.0 Å². The summed E-state index contributed by atoms with van der Waals surface area (Å²) in [4.78, 5) is 1.84. The zero-order valence-corrected chi connectivity index (χ0v) is 13.3. The van der Waals surface area contributed by atoms with Gasteiger partial charge in [0.25, 0.3) is 0 Å². The molecule has 1 heterocycles. The lowest BCUT2D eigenvalue weighted by Crippen LogP contribution is -2.41. The maximum absolute atomic E-state index is 14.4. The minimum atomic E-state index is -0.467. The Morgan fingerprint density at radius 2 is 1.90 bits per heavy atom. The van der Waals surface area contributed by atoms with Crippen molar-refractivity contribution in [3.8, 4) is 0 Å². The Kier molecular flexibility index (Phi) is 4.87. The monoisotopic (exact) mass is 296 g/mol. The topological polar surface area (TPSA) is 29.3 Å². The summed E-state index contributed by atoms with van der Waals surface area (Å²) in [6, 6.07) is 2.83. The Hall–Kier alpha value is -1.16. The van der Waals surface area contributed by atoms with Crippen LogP contribution in [0.5, 0.6) is 0 Å². The number of rotatable bonds is 4. The van der Waals surface area contributed by atoms with Crippen molar-refractivity contribution >= 4 is 5.69 Å². The fraction of sp³-hybridized carbons (Fsp3) is 0.647. The van der Waals surface area contributed by atoms with Crippen LogP contribution in [-0.2, 0) is 6.42 Å². The molecule has 1 aromatic rings. The van der Waals surface area contributed by atoms with E-state index in [0.717, 1.165) is 19.3 Å². The van der Waals surface area contributed by atoms with Gasteiger partial charge in [0, 0.05) is 19.1 Å². The molecule has 1 fully saturated rings. The van der Waals surface area contributed by atoms with E-state index in [1.54, 1.807) is 0 Å². The van der Waals surface area contributed by atoms with Crippen LogP contribution in [0.3, 0.4) is 0 Å². The largest absolute Gasteiger partial charge is 0.366 e. The fourth-order valence-electron chi connectivity index (χ4n) is 3.10.